The first-order chi connectivity index (χ1) is 21.1. The van der Waals surface area contributed by atoms with Gasteiger partial charge in [-0.05, 0) is 44.6 Å². The Morgan fingerprint density at radius 3 is 2.64 bits per heavy atom. The van der Waals surface area contributed by atoms with Crippen LogP contribution in [0, 0.1) is 0 Å². The lowest BCUT2D eigenvalue weighted by Crippen LogP contribution is -2.60. The molecule has 5 N–H and O–H groups in total. The predicted molar refractivity (Wildman–Crippen MR) is 163 cm³/mol. The molecule has 4 rings (SSSR count). The minimum Gasteiger partial charge on any atom is -0.481 e. The molecular weight excluding hydrogens is 614 g/mol. The van der Waals surface area contributed by atoms with E-state index in [4.69, 9.17) is 26.2 Å². The van der Waals surface area contributed by atoms with Gasteiger partial charge in [-0.25, -0.2) is 4.79 Å². The number of hydrogen-bond acceptors (Lipinski definition) is 9. The standard InChI is InChI=1S/C31H38ClNO10S/c32-25-20-9-4-5-10-21(20)44-22(25)16-15-19(42-31-28(39)26(37)27(38)29(43-31)30(40)41)14-13-18-8-7-11-23(34)33(18)17-6-2-1-3-12-24(35)36/h2,4-6,9-10,13-14,18-19,26-29,31,37-39H,1,3,7-8,11-12,15-17H2,(H,35,36)(H,40,41)/b6-2-,14-13+/t18-,19?,26?,27+,28+,29?,31-/m1/s1. The molecule has 1 amide bonds. The number of carboxylic acids is 2. The molecule has 2 aliphatic heterocycles. The summed E-state index contributed by atoms with van der Waals surface area (Å²) in [6.45, 7) is 0.360. The van der Waals surface area contributed by atoms with Gasteiger partial charge in [0, 0.05) is 34.3 Å². The third kappa shape index (κ3) is 8.66. The van der Waals surface area contributed by atoms with Crippen molar-refractivity contribution < 1.29 is 49.4 Å². The number of benzene rings is 1. The highest BCUT2D eigenvalue weighted by atomic mass is 35.5. The van der Waals surface area contributed by atoms with Crippen molar-refractivity contribution in [3.05, 3.63) is 58.5 Å². The molecule has 0 spiro atoms. The van der Waals surface area contributed by atoms with E-state index in [0.29, 0.717) is 56.5 Å². The molecule has 2 aromatic rings. The molecule has 44 heavy (non-hydrogen) atoms. The molecule has 1 aromatic heterocycles. The fourth-order valence-electron chi connectivity index (χ4n) is 5.36. The van der Waals surface area contributed by atoms with Gasteiger partial charge in [-0.3, -0.25) is 9.59 Å². The summed E-state index contributed by atoms with van der Waals surface area (Å²) in [7, 11) is 0. The number of hydrogen-bond donors (Lipinski definition) is 5. The Morgan fingerprint density at radius 1 is 1.14 bits per heavy atom. The Morgan fingerprint density at radius 2 is 1.91 bits per heavy atom. The lowest BCUT2D eigenvalue weighted by molar-refractivity contribution is -0.300. The number of aliphatic carboxylic acids is 2. The van der Waals surface area contributed by atoms with Gasteiger partial charge in [0.25, 0.3) is 0 Å². The summed E-state index contributed by atoms with van der Waals surface area (Å²) >= 11 is 8.20. The summed E-state index contributed by atoms with van der Waals surface area (Å²) in [4.78, 5) is 37.8. The van der Waals surface area contributed by atoms with Crippen LogP contribution in [0.1, 0.15) is 49.8 Å². The number of halogens is 1. The van der Waals surface area contributed by atoms with Gasteiger partial charge in [0.2, 0.25) is 5.91 Å². The molecule has 3 heterocycles. The van der Waals surface area contributed by atoms with Gasteiger partial charge < -0.3 is 39.9 Å². The largest absolute Gasteiger partial charge is 0.481 e. The number of fused-ring (bicyclic) bond motifs is 1. The van der Waals surface area contributed by atoms with Crippen LogP contribution in [0.3, 0.4) is 0 Å². The number of carbonyl (C=O) groups is 3. The summed E-state index contributed by atoms with van der Waals surface area (Å²) in [5, 5.41) is 50.8. The number of piperidine rings is 1. The van der Waals surface area contributed by atoms with Crippen LogP contribution in [0.15, 0.2) is 48.6 Å². The maximum atomic E-state index is 12.8. The van der Waals surface area contributed by atoms with Crippen LogP contribution in [0.4, 0.5) is 0 Å². The maximum absolute atomic E-state index is 12.8. The van der Waals surface area contributed by atoms with Gasteiger partial charge in [0.05, 0.1) is 17.2 Å². The average molecular weight is 652 g/mol. The lowest BCUT2D eigenvalue weighted by atomic mass is 9.98. The molecule has 7 atom stereocenters. The Bertz CT molecular complexity index is 1360. The fourth-order valence-corrected chi connectivity index (χ4v) is 6.90. The molecule has 2 fully saturated rings. The van der Waals surface area contributed by atoms with Crippen LogP contribution < -0.4 is 0 Å². The highest BCUT2D eigenvalue weighted by molar-refractivity contribution is 7.19. The van der Waals surface area contributed by atoms with Gasteiger partial charge in [0.15, 0.2) is 12.4 Å². The van der Waals surface area contributed by atoms with Crippen molar-refractivity contribution in [3.63, 3.8) is 0 Å². The van der Waals surface area contributed by atoms with Crippen LogP contribution in [0.25, 0.3) is 10.1 Å². The Kier molecular flexibility index (Phi) is 12.3. The van der Waals surface area contributed by atoms with Crippen molar-refractivity contribution in [2.45, 2.75) is 94.2 Å². The molecule has 2 aliphatic rings. The van der Waals surface area contributed by atoms with Gasteiger partial charge in [-0.15, -0.1) is 11.3 Å². The quantitative estimate of drug-likeness (QED) is 0.150. The maximum Gasteiger partial charge on any atom is 0.335 e. The number of ether oxygens (including phenoxy) is 2. The number of aliphatic hydroxyl groups is 3. The number of nitrogens with zero attached hydrogens (tertiary/aromatic N) is 1. The van der Waals surface area contributed by atoms with Crippen molar-refractivity contribution in [2.24, 2.45) is 0 Å². The normalized spacial score (nSPS) is 27.0. The van der Waals surface area contributed by atoms with Gasteiger partial charge >= 0.3 is 11.9 Å². The first-order valence-corrected chi connectivity index (χ1v) is 15.8. The van der Waals surface area contributed by atoms with Crippen molar-refractivity contribution in [1.82, 2.24) is 4.90 Å². The van der Waals surface area contributed by atoms with E-state index < -0.39 is 48.7 Å². The van der Waals surface area contributed by atoms with Crippen LogP contribution in [0.2, 0.25) is 5.02 Å². The SMILES string of the molecule is O=C(O)CCC/C=C\CN1C(=O)CCC[C@@H]1/C=C/C(CCc1sc2ccccc2c1Cl)O[C@@H]1OC(C(=O)O)[C@@H](O)C(O)[C@@H]1O. The Labute approximate surface area is 264 Å². The van der Waals surface area contributed by atoms with Gasteiger partial charge in [0.1, 0.15) is 18.3 Å². The topological polar surface area (TPSA) is 174 Å². The van der Waals surface area contributed by atoms with Crippen molar-refractivity contribution in [1.29, 1.82) is 0 Å². The number of aliphatic hydroxyl groups excluding tert-OH is 3. The number of allylic oxidation sites excluding steroid dienone is 1. The zero-order valence-corrected chi connectivity index (χ0v) is 25.6. The second-order valence-electron chi connectivity index (χ2n) is 10.9. The average Bonchev–Trinajstić information content (AvgIpc) is 3.31. The highest BCUT2D eigenvalue weighted by Crippen LogP contribution is 2.36. The fraction of sp³-hybridized carbons (Fsp3) is 0.516. The summed E-state index contributed by atoms with van der Waals surface area (Å²) in [6, 6.07) is 7.49. The van der Waals surface area contributed by atoms with E-state index in [9.17, 15) is 34.8 Å². The molecule has 13 heteroatoms. The smallest absolute Gasteiger partial charge is 0.335 e. The molecule has 0 bridgehead atoms. The molecule has 240 valence electrons. The summed E-state index contributed by atoms with van der Waals surface area (Å²) in [6.07, 6.45) is 1.74. The van der Waals surface area contributed by atoms with Crippen molar-refractivity contribution in [3.8, 4) is 0 Å². The van der Waals surface area contributed by atoms with Gasteiger partial charge in [-0.2, -0.15) is 0 Å². The number of aryl methyl sites for hydroxylation is 1. The molecule has 3 unspecified atom stereocenters. The molecule has 0 aliphatic carbocycles. The lowest BCUT2D eigenvalue weighted by Gasteiger charge is -2.39. The second-order valence-corrected chi connectivity index (χ2v) is 12.4. The zero-order chi connectivity index (χ0) is 31.8. The van der Waals surface area contributed by atoms with Crippen molar-refractivity contribution >= 4 is 50.9 Å². The highest BCUT2D eigenvalue weighted by Gasteiger charge is 2.48. The van der Waals surface area contributed by atoms with E-state index >= 15 is 0 Å². The molecule has 2 saturated heterocycles. The minimum atomic E-state index is -1.84. The molecule has 11 nitrogen and oxygen atoms in total. The molecule has 0 saturated carbocycles. The Hall–Kier alpha value is -2.84. The Balaban J connectivity index is 1.51. The van der Waals surface area contributed by atoms with Gasteiger partial charge in [-0.1, -0.05) is 54.1 Å². The minimum absolute atomic E-state index is 0.0111. The predicted octanol–water partition coefficient (Wildman–Crippen LogP) is 3.51. The van der Waals surface area contributed by atoms with E-state index in [1.807, 2.05) is 42.5 Å². The second kappa shape index (κ2) is 15.9. The summed E-state index contributed by atoms with van der Waals surface area (Å²) in [5.41, 5.74) is 0. The number of thiophene rings is 1. The van der Waals surface area contributed by atoms with E-state index in [1.54, 1.807) is 22.3 Å². The van der Waals surface area contributed by atoms with Crippen molar-refractivity contribution in [2.75, 3.05) is 6.54 Å². The number of amides is 1. The molecular formula is C31H38ClNO10S. The number of carboxylic acid groups (broad SMARTS) is 2. The van der Waals surface area contributed by atoms with E-state index in [0.717, 1.165) is 15.0 Å². The first-order valence-electron chi connectivity index (χ1n) is 14.6. The molecule has 1 aromatic carbocycles. The summed E-state index contributed by atoms with van der Waals surface area (Å²) < 4.78 is 12.4. The number of rotatable bonds is 14. The van der Waals surface area contributed by atoms with E-state index in [2.05, 4.69) is 0 Å². The monoisotopic (exact) mass is 651 g/mol. The van der Waals surface area contributed by atoms with Crippen LogP contribution in [-0.4, -0.2) is 97.7 Å². The third-order valence-corrected chi connectivity index (χ3v) is 9.54. The summed E-state index contributed by atoms with van der Waals surface area (Å²) in [5.74, 6) is -2.37. The van der Waals surface area contributed by atoms with Crippen LogP contribution in [0.5, 0.6) is 0 Å². The van der Waals surface area contributed by atoms with E-state index in [1.165, 1.54) is 0 Å². The zero-order valence-electron chi connectivity index (χ0n) is 24.0. The first kappa shape index (κ1) is 34.0. The van der Waals surface area contributed by atoms with E-state index in [-0.39, 0.29) is 18.4 Å². The number of carbonyl (C=O) groups excluding carboxylic acids is 1. The third-order valence-electron chi connectivity index (χ3n) is 7.77. The van der Waals surface area contributed by atoms with Crippen LogP contribution >= 0.6 is 22.9 Å². The number of likely N-dealkylation sites (tertiary alicyclic amines) is 1. The number of unbranched alkanes of at least 4 members (excludes halogenated alkanes) is 1. The van der Waals surface area contributed by atoms with Crippen LogP contribution in [-0.2, 0) is 30.3 Å². The molecule has 0 radical (unpaired) electrons.